The fraction of sp³-hybridized carbons (Fsp3) is 0.200. The van der Waals surface area contributed by atoms with Gasteiger partial charge in [-0.15, -0.1) is 5.10 Å². The Kier molecular flexibility index (Phi) is 3.47. The highest BCUT2D eigenvalue weighted by molar-refractivity contribution is 7.99. The van der Waals surface area contributed by atoms with Gasteiger partial charge in [-0.3, -0.25) is 0 Å². The summed E-state index contributed by atoms with van der Waals surface area (Å²) in [4.78, 5) is 12.2. The van der Waals surface area contributed by atoms with Crippen LogP contribution >= 0.6 is 11.8 Å². The first-order valence-corrected chi connectivity index (χ1v) is 5.82. The molecule has 0 fully saturated rings. The molecular weight excluding hydrogens is 254 g/mol. The molecule has 0 unspecified atom stereocenters. The smallest absolute Gasteiger partial charge is 0.339 e. The second kappa shape index (κ2) is 5.05. The van der Waals surface area contributed by atoms with Crippen molar-refractivity contribution in [2.24, 2.45) is 7.05 Å². The number of hydrogen-bond acceptors (Lipinski definition) is 7. The lowest BCUT2D eigenvalue weighted by molar-refractivity contribution is 0.0597. The molecule has 0 aliphatic heterocycles. The monoisotopic (exact) mass is 265 g/mol. The first-order chi connectivity index (χ1) is 8.63. The van der Waals surface area contributed by atoms with Crippen LogP contribution in [0.4, 0.5) is 5.69 Å². The van der Waals surface area contributed by atoms with E-state index in [0.717, 1.165) is 0 Å². The predicted octanol–water partition coefficient (Wildman–Crippen LogP) is 0.730. The Morgan fingerprint density at radius 3 is 2.89 bits per heavy atom. The predicted molar refractivity (Wildman–Crippen MR) is 65.1 cm³/mol. The van der Waals surface area contributed by atoms with Gasteiger partial charge in [-0.25, -0.2) is 9.48 Å². The number of carbonyl (C=O) groups is 1. The summed E-state index contributed by atoms with van der Waals surface area (Å²) in [6, 6.07) is 5.05. The van der Waals surface area contributed by atoms with Crippen molar-refractivity contribution < 1.29 is 9.53 Å². The van der Waals surface area contributed by atoms with Gasteiger partial charge >= 0.3 is 5.97 Å². The lowest BCUT2D eigenvalue weighted by Crippen LogP contribution is -2.05. The first kappa shape index (κ1) is 12.4. The van der Waals surface area contributed by atoms with Crippen LogP contribution in [-0.4, -0.2) is 33.3 Å². The number of hydrogen-bond donors (Lipinski definition) is 1. The Morgan fingerprint density at radius 2 is 2.28 bits per heavy atom. The Hall–Kier alpha value is -2.09. The molecule has 0 amide bonds. The van der Waals surface area contributed by atoms with Gasteiger partial charge in [0.1, 0.15) is 0 Å². The molecule has 0 spiro atoms. The molecule has 1 heterocycles. The second-order valence-corrected chi connectivity index (χ2v) is 4.38. The molecule has 0 bridgehead atoms. The van der Waals surface area contributed by atoms with Crippen LogP contribution in [0.2, 0.25) is 0 Å². The fourth-order valence-electron chi connectivity index (χ4n) is 1.34. The van der Waals surface area contributed by atoms with Crippen LogP contribution in [0.15, 0.2) is 28.3 Å². The standard InChI is InChI=1S/C10H11N5O2S/c1-15-10(12-13-14-15)18-8-6(9(16)17-2)4-3-5-7(8)11/h3-5H,11H2,1-2H3. The van der Waals surface area contributed by atoms with E-state index >= 15 is 0 Å². The SMILES string of the molecule is COC(=O)c1cccc(N)c1Sc1nnnn1C. The highest BCUT2D eigenvalue weighted by Crippen LogP contribution is 2.33. The van der Waals surface area contributed by atoms with Crippen LogP contribution in [0.5, 0.6) is 0 Å². The molecule has 0 saturated carbocycles. The number of ether oxygens (including phenoxy) is 1. The zero-order chi connectivity index (χ0) is 13.1. The number of esters is 1. The van der Waals surface area contributed by atoms with Gasteiger partial charge in [0.05, 0.1) is 17.6 Å². The largest absolute Gasteiger partial charge is 0.465 e. The lowest BCUT2D eigenvalue weighted by Gasteiger charge is -2.08. The van der Waals surface area contributed by atoms with Gasteiger partial charge in [0.25, 0.3) is 0 Å². The number of tetrazole rings is 1. The topological polar surface area (TPSA) is 95.9 Å². The van der Waals surface area contributed by atoms with Crippen LogP contribution in [0.1, 0.15) is 10.4 Å². The average molecular weight is 265 g/mol. The molecule has 2 aromatic rings. The number of nitrogens with two attached hydrogens (primary N) is 1. The molecule has 0 atom stereocenters. The molecule has 8 heteroatoms. The zero-order valence-electron chi connectivity index (χ0n) is 9.82. The maximum atomic E-state index is 11.7. The van der Waals surface area contributed by atoms with Crippen molar-refractivity contribution in [2.45, 2.75) is 10.1 Å². The van der Waals surface area contributed by atoms with Crippen molar-refractivity contribution in [1.29, 1.82) is 0 Å². The van der Waals surface area contributed by atoms with E-state index in [1.165, 1.54) is 23.6 Å². The minimum absolute atomic E-state index is 0.394. The van der Waals surface area contributed by atoms with Crippen molar-refractivity contribution in [1.82, 2.24) is 20.2 Å². The van der Waals surface area contributed by atoms with Crippen LogP contribution in [-0.2, 0) is 11.8 Å². The third-order valence-electron chi connectivity index (χ3n) is 2.23. The quantitative estimate of drug-likeness (QED) is 0.645. The van der Waals surface area contributed by atoms with Gasteiger partial charge < -0.3 is 10.5 Å². The van der Waals surface area contributed by atoms with Crippen LogP contribution < -0.4 is 5.73 Å². The highest BCUT2D eigenvalue weighted by atomic mass is 32.2. The molecule has 0 aliphatic rings. The number of aryl methyl sites for hydroxylation is 1. The highest BCUT2D eigenvalue weighted by Gasteiger charge is 2.17. The summed E-state index contributed by atoms with van der Waals surface area (Å²) in [7, 11) is 3.03. The number of methoxy groups -OCH3 is 1. The summed E-state index contributed by atoms with van der Waals surface area (Å²) in [5, 5.41) is 11.6. The molecule has 1 aromatic carbocycles. The number of anilines is 1. The second-order valence-electron chi connectivity index (χ2n) is 3.40. The molecule has 2 N–H and O–H groups in total. The van der Waals surface area contributed by atoms with E-state index in [1.54, 1.807) is 25.2 Å². The van der Waals surface area contributed by atoms with E-state index in [1.807, 2.05) is 0 Å². The molecule has 0 radical (unpaired) electrons. The zero-order valence-corrected chi connectivity index (χ0v) is 10.6. The van der Waals surface area contributed by atoms with Gasteiger partial charge in [0.2, 0.25) is 5.16 Å². The van der Waals surface area contributed by atoms with E-state index in [0.29, 0.717) is 21.3 Å². The summed E-state index contributed by atoms with van der Waals surface area (Å²) in [5.74, 6) is -0.445. The summed E-state index contributed by atoms with van der Waals surface area (Å²) >= 11 is 1.22. The molecular formula is C10H11N5O2S. The Morgan fingerprint density at radius 1 is 1.50 bits per heavy atom. The van der Waals surface area contributed by atoms with E-state index in [-0.39, 0.29) is 0 Å². The molecule has 18 heavy (non-hydrogen) atoms. The minimum atomic E-state index is -0.445. The average Bonchev–Trinajstić information content (AvgIpc) is 2.76. The van der Waals surface area contributed by atoms with Crippen molar-refractivity contribution >= 4 is 23.4 Å². The Balaban J connectivity index is 2.43. The maximum Gasteiger partial charge on any atom is 0.339 e. The number of rotatable bonds is 3. The van der Waals surface area contributed by atoms with Crippen molar-refractivity contribution in [3.8, 4) is 0 Å². The van der Waals surface area contributed by atoms with E-state index in [2.05, 4.69) is 15.5 Å². The number of nitrogen functional groups attached to an aromatic ring is 1. The van der Waals surface area contributed by atoms with Gasteiger partial charge in [-0.2, -0.15) is 0 Å². The normalized spacial score (nSPS) is 10.3. The molecule has 2 rings (SSSR count). The van der Waals surface area contributed by atoms with Crippen LogP contribution in [0, 0.1) is 0 Å². The van der Waals surface area contributed by atoms with Crippen LogP contribution in [0.3, 0.4) is 0 Å². The van der Waals surface area contributed by atoms with E-state index < -0.39 is 5.97 Å². The van der Waals surface area contributed by atoms with Crippen molar-refractivity contribution in [2.75, 3.05) is 12.8 Å². The first-order valence-electron chi connectivity index (χ1n) is 5.00. The van der Waals surface area contributed by atoms with Crippen molar-refractivity contribution in [3.63, 3.8) is 0 Å². The summed E-state index contributed by atoms with van der Waals surface area (Å²) in [5.41, 5.74) is 6.75. The Bertz CT molecular complexity index is 583. The number of benzene rings is 1. The third-order valence-corrected chi connectivity index (χ3v) is 3.41. The number of nitrogens with zero attached hydrogens (tertiary/aromatic N) is 4. The molecule has 0 aliphatic carbocycles. The van der Waals surface area contributed by atoms with Crippen LogP contribution in [0.25, 0.3) is 0 Å². The van der Waals surface area contributed by atoms with E-state index in [4.69, 9.17) is 10.5 Å². The van der Waals surface area contributed by atoms with Gasteiger partial charge in [-0.05, 0) is 34.3 Å². The van der Waals surface area contributed by atoms with E-state index in [9.17, 15) is 4.79 Å². The molecule has 94 valence electrons. The summed E-state index contributed by atoms with van der Waals surface area (Å²) < 4.78 is 6.21. The fourth-order valence-corrected chi connectivity index (χ4v) is 2.21. The molecule has 1 aromatic heterocycles. The summed E-state index contributed by atoms with van der Waals surface area (Å²) in [6.07, 6.45) is 0. The molecule has 7 nitrogen and oxygen atoms in total. The van der Waals surface area contributed by atoms with Gasteiger partial charge in [-0.1, -0.05) is 6.07 Å². The minimum Gasteiger partial charge on any atom is -0.465 e. The number of aromatic nitrogens is 4. The maximum absolute atomic E-state index is 11.7. The molecule has 0 saturated heterocycles. The lowest BCUT2D eigenvalue weighted by atomic mass is 10.2. The number of carbonyl (C=O) groups excluding carboxylic acids is 1. The summed E-state index contributed by atoms with van der Waals surface area (Å²) in [6.45, 7) is 0. The van der Waals surface area contributed by atoms with Crippen molar-refractivity contribution in [3.05, 3.63) is 23.8 Å². The van der Waals surface area contributed by atoms with Gasteiger partial charge in [0, 0.05) is 12.7 Å². The Labute approximate surface area is 107 Å². The third kappa shape index (κ3) is 2.28. The van der Waals surface area contributed by atoms with Gasteiger partial charge in [0.15, 0.2) is 0 Å².